The SMILES string of the molecule is CC(N)C1CCN(C(=O)c2ccc3c(c2)NC(=O)CCN3C)CC1. The summed E-state index contributed by atoms with van der Waals surface area (Å²) in [6.45, 7) is 4.20. The Morgan fingerprint density at radius 1 is 1.29 bits per heavy atom. The van der Waals surface area contributed by atoms with Crippen LogP contribution >= 0.6 is 0 Å². The first kappa shape index (κ1) is 16.8. The summed E-state index contributed by atoms with van der Waals surface area (Å²) in [7, 11) is 1.96. The fourth-order valence-corrected chi connectivity index (χ4v) is 3.52. The highest BCUT2D eigenvalue weighted by Crippen LogP contribution is 2.30. The van der Waals surface area contributed by atoms with Crippen LogP contribution in [0.15, 0.2) is 18.2 Å². The number of likely N-dealkylation sites (tertiary alicyclic amines) is 1. The largest absolute Gasteiger partial charge is 0.372 e. The summed E-state index contributed by atoms with van der Waals surface area (Å²) in [4.78, 5) is 28.5. The third-order valence-electron chi connectivity index (χ3n) is 5.17. The van der Waals surface area contributed by atoms with E-state index in [4.69, 9.17) is 5.73 Å². The molecule has 1 aromatic carbocycles. The molecule has 1 saturated heterocycles. The van der Waals surface area contributed by atoms with E-state index in [-0.39, 0.29) is 17.9 Å². The van der Waals surface area contributed by atoms with Crippen molar-refractivity contribution >= 4 is 23.2 Å². The topological polar surface area (TPSA) is 78.7 Å². The van der Waals surface area contributed by atoms with E-state index in [2.05, 4.69) is 5.32 Å². The van der Waals surface area contributed by atoms with Gasteiger partial charge in [-0.2, -0.15) is 0 Å². The maximum atomic E-state index is 12.8. The molecular weight excluding hydrogens is 304 g/mol. The fourth-order valence-electron chi connectivity index (χ4n) is 3.52. The van der Waals surface area contributed by atoms with Gasteiger partial charge in [-0.1, -0.05) is 0 Å². The first-order valence-corrected chi connectivity index (χ1v) is 8.65. The van der Waals surface area contributed by atoms with Gasteiger partial charge in [-0.3, -0.25) is 9.59 Å². The Labute approximate surface area is 143 Å². The lowest BCUT2D eigenvalue weighted by Crippen LogP contribution is -2.42. The van der Waals surface area contributed by atoms with Crippen LogP contribution in [0.5, 0.6) is 0 Å². The first-order chi connectivity index (χ1) is 11.5. The summed E-state index contributed by atoms with van der Waals surface area (Å²) in [5, 5.41) is 2.91. The molecule has 2 aliphatic heterocycles. The highest BCUT2D eigenvalue weighted by Gasteiger charge is 2.26. The van der Waals surface area contributed by atoms with E-state index in [0.717, 1.165) is 37.3 Å². The predicted octanol–water partition coefficient (Wildman–Crippen LogP) is 1.66. The second-order valence-electron chi connectivity index (χ2n) is 6.94. The van der Waals surface area contributed by atoms with Crippen LogP contribution < -0.4 is 16.0 Å². The highest BCUT2D eigenvalue weighted by molar-refractivity contribution is 6.00. The molecule has 6 heteroatoms. The lowest BCUT2D eigenvalue weighted by atomic mass is 9.90. The van der Waals surface area contributed by atoms with Gasteiger partial charge in [0.15, 0.2) is 0 Å². The number of fused-ring (bicyclic) bond motifs is 1. The number of hydrogen-bond acceptors (Lipinski definition) is 4. The van der Waals surface area contributed by atoms with Gasteiger partial charge in [0.2, 0.25) is 5.91 Å². The molecule has 2 heterocycles. The third kappa shape index (κ3) is 3.38. The summed E-state index contributed by atoms with van der Waals surface area (Å²) in [6.07, 6.45) is 2.36. The lowest BCUT2D eigenvalue weighted by molar-refractivity contribution is -0.115. The normalized spacial score (nSPS) is 20.2. The lowest BCUT2D eigenvalue weighted by Gasteiger charge is -2.34. The molecule has 3 rings (SSSR count). The molecule has 1 fully saturated rings. The Balaban J connectivity index is 1.76. The number of carbonyl (C=O) groups is 2. The van der Waals surface area contributed by atoms with E-state index in [0.29, 0.717) is 24.4 Å². The van der Waals surface area contributed by atoms with Gasteiger partial charge in [0.05, 0.1) is 11.4 Å². The number of hydrogen-bond donors (Lipinski definition) is 2. The molecule has 0 spiro atoms. The van der Waals surface area contributed by atoms with Crippen molar-refractivity contribution in [3.05, 3.63) is 23.8 Å². The summed E-state index contributed by atoms with van der Waals surface area (Å²) in [5.74, 6) is 0.513. The number of rotatable bonds is 2. The van der Waals surface area contributed by atoms with Crippen molar-refractivity contribution in [3.8, 4) is 0 Å². The van der Waals surface area contributed by atoms with Crippen LogP contribution in [0.3, 0.4) is 0 Å². The monoisotopic (exact) mass is 330 g/mol. The van der Waals surface area contributed by atoms with E-state index >= 15 is 0 Å². The van der Waals surface area contributed by atoms with Crippen LogP contribution in [-0.2, 0) is 4.79 Å². The van der Waals surface area contributed by atoms with Crippen molar-refractivity contribution in [2.45, 2.75) is 32.2 Å². The third-order valence-corrected chi connectivity index (χ3v) is 5.17. The van der Waals surface area contributed by atoms with Crippen LogP contribution in [0.1, 0.15) is 36.5 Å². The highest BCUT2D eigenvalue weighted by atomic mass is 16.2. The van der Waals surface area contributed by atoms with Crippen LogP contribution in [-0.4, -0.2) is 49.4 Å². The van der Waals surface area contributed by atoms with Gasteiger partial charge in [-0.15, -0.1) is 0 Å². The summed E-state index contributed by atoms with van der Waals surface area (Å²) < 4.78 is 0. The molecule has 0 aromatic heterocycles. The first-order valence-electron chi connectivity index (χ1n) is 8.65. The molecular formula is C18H26N4O2. The van der Waals surface area contributed by atoms with E-state index < -0.39 is 0 Å². The summed E-state index contributed by atoms with van der Waals surface area (Å²) in [5.41, 5.74) is 8.27. The molecule has 130 valence electrons. The minimum absolute atomic E-state index is 0.0112. The molecule has 2 amide bonds. The smallest absolute Gasteiger partial charge is 0.253 e. The van der Waals surface area contributed by atoms with E-state index in [1.807, 2.05) is 35.9 Å². The Kier molecular flexibility index (Phi) is 4.76. The molecule has 0 bridgehead atoms. The fraction of sp³-hybridized carbons (Fsp3) is 0.556. The molecule has 24 heavy (non-hydrogen) atoms. The summed E-state index contributed by atoms with van der Waals surface area (Å²) >= 11 is 0. The van der Waals surface area contributed by atoms with Gasteiger partial charge in [-0.25, -0.2) is 0 Å². The van der Waals surface area contributed by atoms with Crippen molar-refractivity contribution in [1.82, 2.24) is 4.90 Å². The zero-order chi connectivity index (χ0) is 17.3. The van der Waals surface area contributed by atoms with E-state index in [1.54, 1.807) is 6.07 Å². The maximum Gasteiger partial charge on any atom is 0.253 e. The second kappa shape index (κ2) is 6.81. The summed E-state index contributed by atoms with van der Waals surface area (Å²) in [6, 6.07) is 5.76. The molecule has 2 aliphatic rings. The van der Waals surface area contributed by atoms with Crippen molar-refractivity contribution < 1.29 is 9.59 Å². The number of anilines is 2. The zero-order valence-electron chi connectivity index (χ0n) is 14.4. The predicted molar refractivity (Wildman–Crippen MR) is 95.2 cm³/mol. The molecule has 3 N–H and O–H groups in total. The Morgan fingerprint density at radius 2 is 2.00 bits per heavy atom. The van der Waals surface area contributed by atoms with Gasteiger partial charge in [-0.05, 0) is 43.9 Å². The van der Waals surface area contributed by atoms with Gasteiger partial charge in [0.25, 0.3) is 5.91 Å². The standard InChI is InChI=1S/C18H26N4O2/c1-12(19)13-5-9-22(10-6-13)18(24)14-3-4-16-15(11-14)20-17(23)7-8-21(16)2/h3-4,11-13H,5-10,19H2,1-2H3,(H,20,23). The number of benzene rings is 1. The van der Waals surface area contributed by atoms with Gasteiger partial charge < -0.3 is 20.9 Å². The van der Waals surface area contributed by atoms with Crippen LogP contribution in [0, 0.1) is 5.92 Å². The molecule has 1 unspecified atom stereocenters. The van der Waals surface area contributed by atoms with Crippen LogP contribution in [0.25, 0.3) is 0 Å². The minimum atomic E-state index is -0.0112. The number of amides is 2. The molecule has 6 nitrogen and oxygen atoms in total. The zero-order valence-corrected chi connectivity index (χ0v) is 14.4. The minimum Gasteiger partial charge on any atom is -0.372 e. The van der Waals surface area contributed by atoms with Crippen molar-refractivity contribution in [3.63, 3.8) is 0 Å². The van der Waals surface area contributed by atoms with Crippen molar-refractivity contribution in [2.24, 2.45) is 11.7 Å². The number of piperidine rings is 1. The van der Waals surface area contributed by atoms with Gasteiger partial charge >= 0.3 is 0 Å². The molecule has 0 saturated carbocycles. The number of carbonyl (C=O) groups excluding carboxylic acids is 2. The Morgan fingerprint density at radius 3 is 2.67 bits per heavy atom. The second-order valence-corrected chi connectivity index (χ2v) is 6.94. The van der Waals surface area contributed by atoms with Crippen molar-refractivity contribution in [1.29, 1.82) is 0 Å². The van der Waals surface area contributed by atoms with Crippen molar-refractivity contribution in [2.75, 3.05) is 36.9 Å². The number of nitrogens with two attached hydrogens (primary N) is 1. The number of nitrogens with one attached hydrogen (secondary N) is 1. The van der Waals surface area contributed by atoms with E-state index in [9.17, 15) is 9.59 Å². The van der Waals surface area contributed by atoms with Crippen LogP contribution in [0.4, 0.5) is 11.4 Å². The van der Waals surface area contributed by atoms with Gasteiger partial charge in [0.1, 0.15) is 0 Å². The Bertz CT molecular complexity index is 636. The number of nitrogens with zero attached hydrogens (tertiary/aromatic N) is 2. The average Bonchev–Trinajstić information content (AvgIpc) is 2.72. The molecule has 0 radical (unpaired) electrons. The van der Waals surface area contributed by atoms with Gasteiger partial charge in [0, 0.05) is 44.7 Å². The quantitative estimate of drug-likeness (QED) is 0.864. The molecule has 1 atom stereocenters. The molecule has 0 aliphatic carbocycles. The average molecular weight is 330 g/mol. The Hall–Kier alpha value is -2.08. The van der Waals surface area contributed by atoms with E-state index in [1.165, 1.54) is 0 Å². The maximum absolute atomic E-state index is 12.8. The van der Waals surface area contributed by atoms with Crippen LogP contribution in [0.2, 0.25) is 0 Å². The molecule has 1 aromatic rings.